The summed E-state index contributed by atoms with van der Waals surface area (Å²) in [4.78, 5) is 9.08. The van der Waals surface area contributed by atoms with Gasteiger partial charge in [0.1, 0.15) is 16.8 Å². The van der Waals surface area contributed by atoms with Crippen LogP contribution in [0.15, 0.2) is 0 Å². The maximum Gasteiger partial charge on any atom is 0.137 e. The Hall–Kier alpha value is -0.870. The molecule has 20 heavy (non-hydrogen) atoms. The lowest BCUT2D eigenvalue weighted by atomic mass is 9.94. The Morgan fingerprint density at radius 2 is 2.00 bits per heavy atom. The highest BCUT2D eigenvalue weighted by Crippen LogP contribution is 2.30. The minimum Gasteiger partial charge on any atom is -0.379 e. The molecule has 0 saturated carbocycles. The highest BCUT2D eigenvalue weighted by molar-refractivity contribution is 6.30. The van der Waals surface area contributed by atoms with E-state index in [1.54, 1.807) is 0 Å². The topological polar surface area (TPSA) is 47.0 Å². The molecule has 2 rings (SSSR count). The summed E-state index contributed by atoms with van der Waals surface area (Å²) in [6.07, 6.45) is 2.13. The van der Waals surface area contributed by atoms with E-state index in [4.69, 9.17) is 16.3 Å². The van der Waals surface area contributed by atoms with Crippen LogP contribution in [0.3, 0.4) is 0 Å². The molecule has 1 N–H and O–H groups in total. The van der Waals surface area contributed by atoms with Crippen molar-refractivity contribution in [3.05, 3.63) is 16.5 Å². The second-order valence-electron chi connectivity index (χ2n) is 6.90. The lowest BCUT2D eigenvalue weighted by molar-refractivity contribution is 0.0538. The number of nitrogens with zero attached hydrogens (tertiary/aromatic N) is 2. The van der Waals surface area contributed by atoms with Gasteiger partial charge in [-0.15, -0.1) is 0 Å². The zero-order valence-electron chi connectivity index (χ0n) is 13.0. The standard InChI is InChI=1S/C15H24ClN3O/c1-10-11(16)17-13(14(2,3)4)18-12(10)19-15(5)7-6-8-20-9-15/h6-9H2,1-5H3,(H,17,18,19). The van der Waals surface area contributed by atoms with Crippen LogP contribution < -0.4 is 5.32 Å². The monoisotopic (exact) mass is 297 g/mol. The first kappa shape index (κ1) is 15.5. The van der Waals surface area contributed by atoms with Gasteiger partial charge in [-0.3, -0.25) is 0 Å². The van der Waals surface area contributed by atoms with Gasteiger partial charge in [0.15, 0.2) is 0 Å². The second-order valence-corrected chi connectivity index (χ2v) is 7.26. The summed E-state index contributed by atoms with van der Waals surface area (Å²) in [6, 6.07) is 0. The molecular weight excluding hydrogens is 274 g/mol. The van der Waals surface area contributed by atoms with Crippen molar-refractivity contribution in [3.8, 4) is 0 Å². The molecule has 0 aliphatic carbocycles. The van der Waals surface area contributed by atoms with Crippen LogP contribution in [0.2, 0.25) is 5.15 Å². The number of aromatic nitrogens is 2. The number of anilines is 1. The highest BCUT2D eigenvalue weighted by atomic mass is 35.5. The van der Waals surface area contributed by atoms with Gasteiger partial charge in [-0.1, -0.05) is 32.4 Å². The SMILES string of the molecule is Cc1c(Cl)nc(C(C)(C)C)nc1NC1(C)CCCOC1. The molecule has 4 nitrogen and oxygen atoms in total. The average Bonchev–Trinajstić information content (AvgIpc) is 2.34. The van der Waals surface area contributed by atoms with Crippen molar-refractivity contribution < 1.29 is 4.74 Å². The van der Waals surface area contributed by atoms with Crippen molar-refractivity contribution in [1.82, 2.24) is 9.97 Å². The third kappa shape index (κ3) is 3.41. The van der Waals surface area contributed by atoms with Crippen LogP contribution in [0.4, 0.5) is 5.82 Å². The van der Waals surface area contributed by atoms with Gasteiger partial charge in [0.05, 0.1) is 12.1 Å². The van der Waals surface area contributed by atoms with E-state index >= 15 is 0 Å². The van der Waals surface area contributed by atoms with E-state index in [1.165, 1.54) is 0 Å². The van der Waals surface area contributed by atoms with Crippen LogP contribution in [0.25, 0.3) is 0 Å². The van der Waals surface area contributed by atoms with Crippen LogP contribution in [0.5, 0.6) is 0 Å². The molecule has 112 valence electrons. The van der Waals surface area contributed by atoms with Crippen molar-refractivity contribution >= 4 is 17.4 Å². The predicted molar refractivity (Wildman–Crippen MR) is 82.6 cm³/mol. The van der Waals surface area contributed by atoms with Gasteiger partial charge in [0.2, 0.25) is 0 Å². The van der Waals surface area contributed by atoms with Gasteiger partial charge in [-0.05, 0) is 26.7 Å². The van der Waals surface area contributed by atoms with E-state index in [1.807, 2.05) is 6.92 Å². The first-order chi connectivity index (χ1) is 9.21. The molecule has 2 heterocycles. The molecule has 1 aromatic rings. The number of hydrogen-bond acceptors (Lipinski definition) is 4. The Balaban J connectivity index is 2.33. The minimum absolute atomic E-state index is 0.0875. The third-order valence-electron chi connectivity index (χ3n) is 3.62. The van der Waals surface area contributed by atoms with Crippen molar-refractivity contribution in [2.24, 2.45) is 0 Å². The molecule has 5 heteroatoms. The molecule has 1 aromatic heterocycles. The Bertz CT molecular complexity index is 491. The quantitative estimate of drug-likeness (QED) is 0.845. The summed E-state index contributed by atoms with van der Waals surface area (Å²) in [6.45, 7) is 11.9. The van der Waals surface area contributed by atoms with Gasteiger partial charge in [0.25, 0.3) is 0 Å². The summed E-state index contributed by atoms with van der Waals surface area (Å²) in [5.41, 5.74) is 0.680. The number of nitrogens with one attached hydrogen (secondary N) is 1. The summed E-state index contributed by atoms with van der Waals surface area (Å²) >= 11 is 6.27. The Morgan fingerprint density at radius 3 is 2.55 bits per heavy atom. The molecule has 0 spiro atoms. The van der Waals surface area contributed by atoms with E-state index in [9.17, 15) is 0 Å². The molecule has 1 saturated heterocycles. The number of halogens is 1. The molecule has 1 atom stereocenters. The summed E-state index contributed by atoms with van der Waals surface area (Å²) in [5, 5.41) is 4.04. The van der Waals surface area contributed by atoms with Crippen molar-refractivity contribution in [2.75, 3.05) is 18.5 Å². The molecular formula is C15H24ClN3O. The number of hydrogen-bond donors (Lipinski definition) is 1. The van der Waals surface area contributed by atoms with Gasteiger partial charge >= 0.3 is 0 Å². The number of rotatable bonds is 2. The first-order valence-corrected chi connectivity index (χ1v) is 7.50. The smallest absolute Gasteiger partial charge is 0.137 e. The fourth-order valence-corrected chi connectivity index (χ4v) is 2.43. The Labute approximate surface area is 126 Å². The van der Waals surface area contributed by atoms with Crippen LogP contribution in [0.1, 0.15) is 51.9 Å². The van der Waals surface area contributed by atoms with Crippen molar-refractivity contribution in [3.63, 3.8) is 0 Å². The van der Waals surface area contributed by atoms with Crippen LogP contribution in [0, 0.1) is 6.92 Å². The highest BCUT2D eigenvalue weighted by Gasteiger charge is 2.29. The summed E-state index contributed by atoms with van der Waals surface area (Å²) in [7, 11) is 0. The maximum absolute atomic E-state index is 6.27. The molecule has 1 aliphatic heterocycles. The zero-order valence-corrected chi connectivity index (χ0v) is 13.8. The van der Waals surface area contributed by atoms with Gasteiger partial charge in [-0.2, -0.15) is 0 Å². The maximum atomic E-state index is 6.27. The van der Waals surface area contributed by atoms with Crippen LogP contribution in [-0.2, 0) is 10.2 Å². The zero-order chi connectivity index (χ0) is 15.0. The van der Waals surface area contributed by atoms with E-state index in [0.717, 1.165) is 36.7 Å². The molecule has 1 aliphatic rings. The van der Waals surface area contributed by atoms with E-state index in [-0.39, 0.29) is 11.0 Å². The minimum atomic E-state index is -0.127. The first-order valence-electron chi connectivity index (χ1n) is 7.12. The summed E-state index contributed by atoms with van der Waals surface area (Å²) in [5.74, 6) is 1.58. The summed E-state index contributed by atoms with van der Waals surface area (Å²) < 4.78 is 5.59. The second kappa shape index (κ2) is 5.49. The molecule has 0 amide bonds. The van der Waals surface area contributed by atoms with E-state index < -0.39 is 0 Å². The van der Waals surface area contributed by atoms with Crippen LogP contribution >= 0.6 is 11.6 Å². The van der Waals surface area contributed by atoms with Gasteiger partial charge in [-0.25, -0.2) is 9.97 Å². The lowest BCUT2D eigenvalue weighted by Gasteiger charge is -2.35. The fourth-order valence-electron chi connectivity index (χ4n) is 2.26. The van der Waals surface area contributed by atoms with Crippen molar-refractivity contribution in [1.29, 1.82) is 0 Å². The Morgan fingerprint density at radius 1 is 1.30 bits per heavy atom. The van der Waals surface area contributed by atoms with Crippen molar-refractivity contribution in [2.45, 2.75) is 58.4 Å². The predicted octanol–water partition coefficient (Wildman–Crippen LogP) is 3.72. The fraction of sp³-hybridized carbons (Fsp3) is 0.733. The molecule has 0 radical (unpaired) electrons. The Kier molecular flexibility index (Phi) is 4.26. The molecule has 1 fully saturated rings. The van der Waals surface area contributed by atoms with Gasteiger partial charge < -0.3 is 10.1 Å². The molecule has 1 unspecified atom stereocenters. The molecule has 0 aromatic carbocycles. The lowest BCUT2D eigenvalue weighted by Crippen LogP contribution is -2.43. The van der Waals surface area contributed by atoms with E-state index in [0.29, 0.717) is 11.8 Å². The van der Waals surface area contributed by atoms with Gasteiger partial charge in [0, 0.05) is 17.6 Å². The normalized spacial score (nSPS) is 23.7. The van der Waals surface area contributed by atoms with E-state index in [2.05, 4.69) is 43.0 Å². The number of ether oxygens (including phenoxy) is 1. The third-order valence-corrected chi connectivity index (χ3v) is 3.98. The largest absolute Gasteiger partial charge is 0.379 e. The molecule has 0 bridgehead atoms. The average molecular weight is 298 g/mol. The van der Waals surface area contributed by atoms with Crippen LogP contribution in [-0.4, -0.2) is 28.7 Å².